The molecule has 8 heteroatoms. The average Bonchev–Trinajstić information content (AvgIpc) is 2.80. The number of hydrogen-bond donors (Lipinski definition) is 1. The van der Waals surface area contributed by atoms with Gasteiger partial charge < -0.3 is 14.8 Å². The number of esters is 1. The summed E-state index contributed by atoms with van der Waals surface area (Å²) in [6.07, 6.45) is -1.24. The maximum absolute atomic E-state index is 13.3. The summed E-state index contributed by atoms with van der Waals surface area (Å²) in [4.78, 5) is 36.4. The summed E-state index contributed by atoms with van der Waals surface area (Å²) in [6.45, 7) is 0.825. The number of para-hydroxylation sites is 1. The molecule has 0 aliphatic rings. The summed E-state index contributed by atoms with van der Waals surface area (Å²) < 4.78 is 36.9. The molecule has 32 heavy (non-hydrogen) atoms. The van der Waals surface area contributed by atoms with E-state index in [0.717, 1.165) is 18.2 Å². The molecule has 0 aromatic heterocycles. The van der Waals surface area contributed by atoms with Crippen molar-refractivity contribution in [3.63, 3.8) is 0 Å². The summed E-state index contributed by atoms with van der Waals surface area (Å²) in [5.74, 6) is -3.15. The average molecular weight is 439 g/mol. The number of halogens is 2. The van der Waals surface area contributed by atoms with Crippen molar-refractivity contribution in [2.24, 2.45) is 0 Å². The molecule has 6 nitrogen and oxygen atoms in total. The third-order valence-electron chi connectivity index (χ3n) is 4.37. The van der Waals surface area contributed by atoms with E-state index in [1.807, 2.05) is 18.2 Å². The lowest BCUT2D eigenvalue weighted by molar-refractivity contribution is -0.145. The first kappa shape index (κ1) is 22.6. The Balaban J connectivity index is 1.49. The van der Waals surface area contributed by atoms with Crippen LogP contribution in [0.3, 0.4) is 0 Å². The van der Waals surface area contributed by atoms with Crippen LogP contribution >= 0.6 is 0 Å². The van der Waals surface area contributed by atoms with Crippen LogP contribution in [0.2, 0.25) is 0 Å². The fourth-order valence-electron chi connectivity index (χ4n) is 2.73. The normalized spacial score (nSPS) is 11.3. The second-order valence-corrected chi connectivity index (χ2v) is 6.75. The van der Waals surface area contributed by atoms with Crippen molar-refractivity contribution in [3.05, 3.63) is 95.6 Å². The molecule has 1 amide bonds. The van der Waals surface area contributed by atoms with Crippen LogP contribution in [-0.2, 0) is 9.53 Å². The molecule has 1 atom stereocenters. The quantitative estimate of drug-likeness (QED) is 0.418. The first-order chi connectivity index (χ1) is 15.3. The number of carbonyl (C=O) groups is 3. The molecule has 0 saturated heterocycles. The Bertz CT molecular complexity index is 1120. The van der Waals surface area contributed by atoms with Gasteiger partial charge in [-0.15, -0.1) is 0 Å². The molecule has 0 saturated carbocycles. The molecule has 3 aromatic rings. The van der Waals surface area contributed by atoms with Crippen molar-refractivity contribution >= 4 is 17.7 Å². The third-order valence-corrected chi connectivity index (χ3v) is 4.37. The lowest BCUT2D eigenvalue weighted by Gasteiger charge is -2.13. The number of amides is 1. The van der Waals surface area contributed by atoms with Crippen molar-refractivity contribution in [1.29, 1.82) is 0 Å². The smallest absolute Gasteiger partial charge is 0.326 e. The zero-order valence-electron chi connectivity index (χ0n) is 17.0. The van der Waals surface area contributed by atoms with Crippen LogP contribution in [0.1, 0.15) is 27.6 Å². The number of rotatable bonds is 8. The second kappa shape index (κ2) is 10.3. The van der Waals surface area contributed by atoms with Gasteiger partial charge in [-0.1, -0.05) is 18.2 Å². The highest BCUT2D eigenvalue weighted by Gasteiger charge is 2.21. The van der Waals surface area contributed by atoms with E-state index in [1.165, 1.54) is 19.1 Å². The summed E-state index contributed by atoms with van der Waals surface area (Å²) in [6, 6.07) is 18.1. The van der Waals surface area contributed by atoms with Gasteiger partial charge in [0.2, 0.25) is 5.78 Å². The molecule has 0 bridgehead atoms. The molecule has 0 aliphatic carbocycles. The van der Waals surface area contributed by atoms with Crippen LogP contribution in [0, 0.1) is 11.6 Å². The monoisotopic (exact) mass is 439 g/mol. The molecule has 1 N–H and O–H groups in total. The molecule has 0 heterocycles. The van der Waals surface area contributed by atoms with Crippen LogP contribution in [0.25, 0.3) is 0 Å². The predicted molar refractivity (Wildman–Crippen MR) is 112 cm³/mol. The van der Waals surface area contributed by atoms with Crippen molar-refractivity contribution < 1.29 is 32.6 Å². The molecule has 0 aliphatic heterocycles. The molecule has 0 spiro atoms. The summed E-state index contributed by atoms with van der Waals surface area (Å²) in [5, 5.41) is 2.39. The summed E-state index contributed by atoms with van der Waals surface area (Å²) in [7, 11) is 0. The Kier molecular flexibility index (Phi) is 7.28. The predicted octanol–water partition coefficient (Wildman–Crippen LogP) is 4.30. The first-order valence-electron chi connectivity index (χ1n) is 9.63. The van der Waals surface area contributed by atoms with E-state index in [1.54, 1.807) is 24.3 Å². The highest BCUT2D eigenvalue weighted by Crippen LogP contribution is 2.21. The number of benzene rings is 3. The highest BCUT2D eigenvalue weighted by molar-refractivity contribution is 6.00. The second-order valence-electron chi connectivity index (χ2n) is 6.75. The van der Waals surface area contributed by atoms with Crippen LogP contribution in [0.15, 0.2) is 72.8 Å². The largest absolute Gasteiger partial charge is 0.457 e. The van der Waals surface area contributed by atoms with Crippen LogP contribution in [0.5, 0.6) is 11.5 Å². The van der Waals surface area contributed by atoms with Gasteiger partial charge in [0.1, 0.15) is 18.0 Å². The van der Waals surface area contributed by atoms with E-state index >= 15 is 0 Å². The van der Waals surface area contributed by atoms with E-state index in [-0.39, 0.29) is 5.56 Å². The maximum Gasteiger partial charge on any atom is 0.326 e. The standard InChI is InChI=1S/C24H19F2NO5/c1-15(23(29)17-9-12-20(25)21(26)13-17)31-22(28)14-27-24(30)16-7-10-19(11-8-16)32-18-5-3-2-4-6-18/h2-13,15H,14H2,1H3,(H,27,30). The van der Waals surface area contributed by atoms with Crippen molar-refractivity contribution in [3.8, 4) is 11.5 Å². The number of ether oxygens (including phenoxy) is 2. The van der Waals surface area contributed by atoms with E-state index < -0.39 is 41.9 Å². The zero-order valence-corrected chi connectivity index (χ0v) is 17.0. The topological polar surface area (TPSA) is 81.7 Å². The van der Waals surface area contributed by atoms with E-state index in [4.69, 9.17) is 9.47 Å². The van der Waals surface area contributed by atoms with Gasteiger partial charge in [-0.05, 0) is 61.5 Å². The number of hydrogen-bond acceptors (Lipinski definition) is 5. The summed E-state index contributed by atoms with van der Waals surface area (Å²) >= 11 is 0. The van der Waals surface area contributed by atoms with E-state index in [9.17, 15) is 23.2 Å². The van der Waals surface area contributed by atoms with E-state index in [2.05, 4.69) is 5.32 Å². The lowest BCUT2D eigenvalue weighted by atomic mass is 10.1. The van der Waals surface area contributed by atoms with Crippen LogP contribution in [-0.4, -0.2) is 30.3 Å². The van der Waals surface area contributed by atoms with Gasteiger partial charge >= 0.3 is 5.97 Å². The Labute approximate surface area is 182 Å². The Morgan fingerprint density at radius 3 is 2.12 bits per heavy atom. The Hall–Kier alpha value is -4.07. The van der Waals surface area contributed by atoms with Gasteiger partial charge in [-0.25, -0.2) is 8.78 Å². The molecule has 3 rings (SSSR count). The first-order valence-corrected chi connectivity index (χ1v) is 9.63. The van der Waals surface area contributed by atoms with Crippen molar-refractivity contribution in [2.75, 3.05) is 6.54 Å². The molecule has 164 valence electrons. The fourth-order valence-corrected chi connectivity index (χ4v) is 2.73. The number of carbonyl (C=O) groups excluding carboxylic acids is 3. The van der Waals surface area contributed by atoms with Gasteiger partial charge in [0, 0.05) is 11.1 Å². The Morgan fingerprint density at radius 2 is 1.47 bits per heavy atom. The van der Waals surface area contributed by atoms with Crippen LogP contribution in [0.4, 0.5) is 8.78 Å². The van der Waals surface area contributed by atoms with Gasteiger partial charge in [-0.3, -0.25) is 14.4 Å². The van der Waals surface area contributed by atoms with Gasteiger partial charge in [0.15, 0.2) is 17.7 Å². The van der Waals surface area contributed by atoms with E-state index in [0.29, 0.717) is 17.1 Å². The third kappa shape index (κ3) is 5.98. The Morgan fingerprint density at radius 1 is 0.844 bits per heavy atom. The van der Waals surface area contributed by atoms with Gasteiger partial charge in [-0.2, -0.15) is 0 Å². The SMILES string of the molecule is CC(OC(=O)CNC(=O)c1ccc(Oc2ccccc2)cc1)C(=O)c1ccc(F)c(F)c1. The molecular formula is C24H19F2NO5. The molecule has 0 fully saturated rings. The van der Waals surface area contributed by atoms with Crippen molar-refractivity contribution in [2.45, 2.75) is 13.0 Å². The van der Waals surface area contributed by atoms with Gasteiger partial charge in [0.25, 0.3) is 5.91 Å². The molecule has 0 radical (unpaired) electrons. The summed E-state index contributed by atoms with van der Waals surface area (Å²) in [5.41, 5.74) is 0.162. The minimum atomic E-state index is -1.24. The lowest BCUT2D eigenvalue weighted by Crippen LogP contribution is -2.34. The zero-order chi connectivity index (χ0) is 23.1. The van der Waals surface area contributed by atoms with Crippen molar-refractivity contribution in [1.82, 2.24) is 5.32 Å². The fraction of sp³-hybridized carbons (Fsp3) is 0.125. The minimum Gasteiger partial charge on any atom is -0.457 e. The number of ketones is 1. The van der Waals surface area contributed by atoms with Crippen LogP contribution < -0.4 is 10.1 Å². The molecule has 1 unspecified atom stereocenters. The van der Waals surface area contributed by atoms with Gasteiger partial charge in [0.05, 0.1) is 0 Å². The number of nitrogens with one attached hydrogen (secondary N) is 1. The molecule has 3 aromatic carbocycles. The molecular weight excluding hydrogens is 420 g/mol. The highest BCUT2D eigenvalue weighted by atomic mass is 19.2. The maximum atomic E-state index is 13.3. The minimum absolute atomic E-state index is 0.133. The number of Topliss-reactive ketones (excluding diaryl/α,β-unsaturated/α-hetero) is 1.